The van der Waals surface area contributed by atoms with E-state index >= 15 is 0 Å². The fraction of sp³-hybridized carbons (Fsp3) is 1.00. The number of rotatable bonds is 11. The second-order valence-electron chi connectivity index (χ2n) is 4.54. The van der Waals surface area contributed by atoms with Gasteiger partial charge in [-0.05, 0) is 54.1 Å². The lowest BCUT2D eigenvalue weighted by Crippen LogP contribution is -2.16. The third kappa shape index (κ3) is 13.8. The van der Waals surface area contributed by atoms with Crippen molar-refractivity contribution in [3.63, 3.8) is 0 Å². The minimum Gasteiger partial charge on any atom is -0.379 e. The Labute approximate surface area is 101 Å². The minimum atomic E-state index is 0.718. The monoisotopic (exact) mass is 232 g/mol. The fourth-order valence-electron chi connectivity index (χ4n) is 1.29. The molecule has 0 aliphatic heterocycles. The summed E-state index contributed by atoms with van der Waals surface area (Å²) in [6.07, 6.45) is 2.18. The van der Waals surface area contributed by atoms with Gasteiger partial charge in [0.15, 0.2) is 0 Å². The lowest BCUT2D eigenvalue weighted by molar-refractivity contribution is 0.0430. The van der Waals surface area contributed by atoms with Gasteiger partial charge in [-0.1, -0.05) is 0 Å². The van der Waals surface area contributed by atoms with Crippen LogP contribution in [0.4, 0.5) is 0 Å². The van der Waals surface area contributed by atoms with Gasteiger partial charge in [0.05, 0.1) is 13.2 Å². The second kappa shape index (κ2) is 11.3. The summed E-state index contributed by atoms with van der Waals surface area (Å²) in [6, 6.07) is 0. The zero-order chi connectivity index (χ0) is 12.2. The van der Waals surface area contributed by atoms with E-state index in [2.05, 4.69) is 38.0 Å². The smallest absolute Gasteiger partial charge is 0.0700 e. The first kappa shape index (κ1) is 15.8. The first-order valence-electron chi connectivity index (χ1n) is 6.08. The largest absolute Gasteiger partial charge is 0.379 e. The van der Waals surface area contributed by atoms with Gasteiger partial charge in [-0.25, -0.2) is 0 Å². The van der Waals surface area contributed by atoms with Crippen molar-refractivity contribution in [1.82, 2.24) is 9.80 Å². The Morgan fingerprint density at radius 1 is 0.625 bits per heavy atom. The molecule has 0 unspecified atom stereocenters. The molecule has 0 heterocycles. The van der Waals surface area contributed by atoms with Crippen LogP contribution in [0.3, 0.4) is 0 Å². The fourth-order valence-corrected chi connectivity index (χ4v) is 1.29. The Bertz CT molecular complexity index is 125. The highest BCUT2D eigenvalue weighted by Gasteiger charge is 1.93. The number of ether oxygens (including phenoxy) is 2. The van der Waals surface area contributed by atoms with E-state index in [1.165, 1.54) is 0 Å². The van der Waals surface area contributed by atoms with Crippen molar-refractivity contribution in [2.45, 2.75) is 12.8 Å². The molecule has 0 bridgehead atoms. The van der Waals surface area contributed by atoms with Crippen LogP contribution in [0, 0.1) is 0 Å². The van der Waals surface area contributed by atoms with Gasteiger partial charge in [-0.15, -0.1) is 0 Å². The summed E-state index contributed by atoms with van der Waals surface area (Å²) in [5.74, 6) is 0. The molecule has 0 N–H and O–H groups in total. The molecule has 98 valence electrons. The topological polar surface area (TPSA) is 24.9 Å². The number of hydrogen-bond donors (Lipinski definition) is 0. The maximum Gasteiger partial charge on any atom is 0.0700 e. The molecule has 0 atom stereocenters. The molecule has 0 aliphatic rings. The SMILES string of the molecule is CN(C)CCCOCCOCCCN(C)C. The van der Waals surface area contributed by atoms with Crippen molar-refractivity contribution in [2.24, 2.45) is 0 Å². The van der Waals surface area contributed by atoms with Gasteiger partial charge < -0.3 is 19.3 Å². The molecule has 0 aromatic heterocycles. The third-order valence-corrected chi connectivity index (χ3v) is 2.16. The van der Waals surface area contributed by atoms with Crippen LogP contribution in [0.1, 0.15) is 12.8 Å². The van der Waals surface area contributed by atoms with Crippen LogP contribution in [-0.4, -0.2) is 77.5 Å². The normalized spacial score (nSPS) is 11.6. The van der Waals surface area contributed by atoms with Gasteiger partial charge in [-0.2, -0.15) is 0 Å². The van der Waals surface area contributed by atoms with E-state index in [0.717, 1.165) is 52.4 Å². The van der Waals surface area contributed by atoms with Crippen LogP contribution in [0.25, 0.3) is 0 Å². The van der Waals surface area contributed by atoms with Gasteiger partial charge in [0, 0.05) is 13.2 Å². The molecule has 4 nitrogen and oxygen atoms in total. The molecule has 0 aromatic carbocycles. The van der Waals surface area contributed by atoms with E-state index in [-0.39, 0.29) is 0 Å². The second-order valence-corrected chi connectivity index (χ2v) is 4.54. The van der Waals surface area contributed by atoms with E-state index in [4.69, 9.17) is 9.47 Å². The van der Waals surface area contributed by atoms with Crippen LogP contribution in [0.5, 0.6) is 0 Å². The Kier molecular flexibility index (Phi) is 11.2. The molecule has 0 spiro atoms. The van der Waals surface area contributed by atoms with Gasteiger partial charge in [0.2, 0.25) is 0 Å². The quantitative estimate of drug-likeness (QED) is 0.495. The Morgan fingerprint density at radius 3 is 1.31 bits per heavy atom. The van der Waals surface area contributed by atoms with E-state index in [1.807, 2.05) is 0 Å². The van der Waals surface area contributed by atoms with Crippen molar-refractivity contribution >= 4 is 0 Å². The maximum atomic E-state index is 5.45. The molecule has 4 heteroatoms. The average molecular weight is 232 g/mol. The van der Waals surface area contributed by atoms with E-state index in [9.17, 15) is 0 Å². The molecule has 0 saturated carbocycles. The van der Waals surface area contributed by atoms with Crippen LogP contribution in [-0.2, 0) is 9.47 Å². The van der Waals surface area contributed by atoms with Crippen molar-refractivity contribution < 1.29 is 9.47 Å². The maximum absolute atomic E-state index is 5.45. The first-order chi connectivity index (χ1) is 7.63. The molecule has 0 rings (SSSR count). The van der Waals surface area contributed by atoms with E-state index in [1.54, 1.807) is 0 Å². The zero-order valence-electron chi connectivity index (χ0n) is 11.4. The molecule has 0 radical (unpaired) electrons. The van der Waals surface area contributed by atoms with Crippen LogP contribution < -0.4 is 0 Å². The van der Waals surface area contributed by atoms with Crippen molar-refractivity contribution in [2.75, 3.05) is 67.7 Å². The van der Waals surface area contributed by atoms with E-state index < -0.39 is 0 Å². The summed E-state index contributed by atoms with van der Waals surface area (Å²) in [5.41, 5.74) is 0. The van der Waals surface area contributed by atoms with Gasteiger partial charge in [-0.3, -0.25) is 0 Å². The lowest BCUT2D eigenvalue weighted by Gasteiger charge is -2.10. The molecule has 0 saturated heterocycles. The molecule has 0 aliphatic carbocycles. The molecule has 0 fully saturated rings. The highest BCUT2D eigenvalue weighted by Crippen LogP contribution is 1.88. The predicted octanol–water partition coefficient (Wildman–Crippen LogP) is 0.923. The lowest BCUT2D eigenvalue weighted by atomic mass is 10.4. The number of hydrogen-bond acceptors (Lipinski definition) is 4. The Balaban J connectivity index is 2.93. The summed E-state index contributed by atoms with van der Waals surface area (Å²) in [7, 11) is 8.31. The average Bonchev–Trinajstić information content (AvgIpc) is 2.20. The third-order valence-electron chi connectivity index (χ3n) is 2.16. The van der Waals surface area contributed by atoms with E-state index in [0.29, 0.717) is 0 Å². The summed E-state index contributed by atoms with van der Waals surface area (Å²) >= 11 is 0. The molecule has 0 amide bonds. The Morgan fingerprint density at radius 2 is 1.00 bits per heavy atom. The van der Waals surface area contributed by atoms with Crippen molar-refractivity contribution in [1.29, 1.82) is 0 Å². The highest BCUT2D eigenvalue weighted by atomic mass is 16.5. The summed E-state index contributed by atoms with van der Waals surface area (Å²) < 4.78 is 10.9. The highest BCUT2D eigenvalue weighted by molar-refractivity contribution is 4.44. The predicted molar refractivity (Wildman–Crippen MR) is 68.0 cm³/mol. The van der Waals surface area contributed by atoms with Gasteiger partial charge >= 0.3 is 0 Å². The van der Waals surface area contributed by atoms with Crippen molar-refractivity contribution in [3.8, 4) is 0 Å². The van der Waals surface area contributed by atoms with Crippen LogP contribution >= 0.6 is 0 Å². The molecular formula is C12H28N2O2. The van der Waals surface area contributed by atoms with Gasteiger partial charge in [0.25, 0.3) is 0 Å². The zero-order valence-corrected chi connectivity index (χ0v) is 11.4. The van der Waals surface area contributed by atoms with Crippen molar-refractivity contribution in [3.05, 3.63) is 0 Å². The summed E-state index contributed by atoms with van der Waals surface area (Å²) in [6.45, 7) is 5.27. The van der Waals surface area contributed by atoms with Crippen LogP contribution in [0.15, 0.2) is 0 Å². The van der Waals surface area contributed by atoms with Crippen LogP contribution in [0.2, 0.25) is 0 Å². The minimum absolute atomic E-state index is 0.718. The number of nitrogens with zero attached hydrogens (tertiary/aromatic N) is 2. The summed E-state index contributed by atoms with van der Waals surface area (Å²) in [5, 5.41) is 0. The Hall–Kier alpha value is -0.160. The summed E-state index contributed by atoms with van der Waals surface area (Å²) in [4.78, 5) is 4.34. The van der Waals surface area contributed by atoms with Gasteiger partial charge in [0.1, 0.15) is 0 Å². The first-order valence-corrected chi connectivity index (χ1v) is 6.08. The standard InChI is InChI=1S/C12H28N2O2/c1-13(2)7-5-9-15-11-12-16-10-6-8-14(3)4/h5-12H2,1-4H3. The molecule has 16 heavy (non-hydrogen) atoms. The molecular weight excluding hydrogens is 204 g/mol. The molecule has 0 aromatic rings.